The molecule has 0 aromatic carbocycles. The van der Waals surface area contributed by atoms with Crippen molar-refractivity contribution in [2.45, 2.75) is 52.9 Å². The maximum Gasteiger partial charge on any atom is 0.162 e. The summed E-state index contributed by atoms with van der Waals surface area (Å²) in [4.78, 5) is 11.9. The quantitative estimate of drug-likeness (QED) is 0.502. The van der Waals surface area contributed by atoms with Crippen molar-refractivity contribution in [3.63, 3.8) is 0 Å². The molecule has 0 heterocycles. The van der Waals surface area contributed by atoms with E-state index in [9.17, 15) is 9.90 Å². The van der Waals surface area contributed by atoms with E-state index in [1.165, 1.54) is 6.42 Å². The predicted molar refractivity (Wildman–Crippen MR) is 64.2 cm³/mol. The van der Waals surface area contributed by atoms with Crippen LogP contribution >= 0.6 is 0 Å². The minimum atomic E-state index is -0.0914. The average Bonchev–Trinajstić information content (AvgIpc) is 2.15. The first kappa shape index (κ1) is 11.7. The van der Waals surface area contributed by atoms with Crippen molar-refractivity contribution in [2.75, 3.05) is 0 Å². The molecule has 2 rings (SSSR count). The van der Waals surface area contributed by atoms with Crippen molar-refractivity contribution in [3.05, 3.63) is 11.8 Å². The number of aliphatic hydroxyl groups excluding tert-OH is 1. The molecule has 2 heteroatoms. The van der Waals surface area contributed by atoms with Gasteiger partial charge >= 0.3 is 0 Å². The Bertz CT molecular complexity index is 341. The summed E-state index contributed by atoms with van der Waals surface area (Å²) in [6.45, 7) is 6.78. The number of allylic oxidation sites excluding steroid dienone is 1. The summed E-state index contributed by atoms with van der Waals surface area (Å²) < 4.78 is 0. The highest BCUT2D eigenvalue weighted by atomic mass is 16.2. The van der Waals surface area contributed by atoms with E-state index in [1.54, 1.807) is 0 Å². The van der Waals surface area contributed by atoms with Gasteiger partial charge in [0, 0.05) is 17.4 Å². The van der Waals surface area contributed by atoms with E-state index in [1.807, 2.05) is 0 Å². The third kappa shape index (κ3) is 1.50. The summed E-state index contributed by atoms with van der Waals surface area (Å²) in [7, 11) is 0. The minimum absolute atomic E-state index is 0.0914. The number of carbonyl (C=O) groups is 1. The zero-order chi connectivity index (χ0) is 12.0. The first-order valence-electron chi connectivity index (χ1n) is 6.30. The summed E-state index contributed by atoms with van der Waals surface area (Å²) >= 11 is 0. The van der Waals surface area contributed by atoms with Crippen LogP contribution < -0.4 is 0 Å². The van der Waals surface area contributed by atoms with Crippen molar-refractivity contribution in [1.29, 1.82) is 0 Å². The van der Waals surface area contributed by atoms with Crippen molar-refractivity contribution in [3.8, 4) is 0 Å². The van der Waals surface area contributed by atoms with Crippen LogP contribution in [-0.2, 0) is 4.79 Å². The highest BCUT2D eigenvalue weighted by Crippen LogP contribution is 2.58. The highest BCUT2D eigenvalue weighted by Gasteiger charge is 2.52. The lowest BCUT2D eigenvalue weighted by atomic mass is 9.50. The van der Waals surface area contributed by atoms with E-state index >= 15 is 0 Å². The Morgan fingerprint density at radius 2 is 2.00 bits per heavy atom. The lowest BCUT2D eigenvalue weighted by Crippen LogP contribution is -2.47. The van der Waals surface area contributed by atoms with E-state index in [-0.39, 0.29) is 11.2 Å². The fraction of sp³-hybridized carbons (Fsp3) is 0.786. The third-order valence-corrected chi connectivity index (χ3v) is 4.93. The lowest BCUT2D eigenvalue weighted by Gasteiger charge is -2.53. The second-order valence-electron chi connectivity index (χ2n) is 6.32. The molecule has 0 aliphatic heterocycles. The monoisotopic (exact) mass is 222 g/mol. The molecule has 90 valence electrons. The number of aliphatic hydroxyl groups is 1. The molecule has 0 aromatic heterocycles. The van der Waals surface area contributed by atoms with Crippen molar-refractivity contribution in [1.82, 2.24) is 0 Å². The van der Waals surface area contributed by atoms with Crippen LogP contribution in [0.3, 0.4) is 0 Å². The molecular formula is C14H22O2. The van der Waals surface area contributed by atoms with Gasteiger partial charge in [-0.3, -0.25) is 4.79 Å². The molecule has 0 radical (unpaired) electrons. The predicted octanol–water partition coefficient (Wildman–Crippen LogP) is 3.62. The molecule has 2 aliphatic rings. The SMILES string of the molecule is CC1(C)CCCC2(C)/C(=C/O)C(=O)CCC12. The van der Waals surface area contributed by atoms with E-state index in [2.05, 4.69) is 20.8 Å². The normalized spacial score (nSPS) is 40.8. The number of hydrogen-bond donors (Lipinski definition) is 1. The number of carbonyl (C=O) groups excluding carboxylic acids is 1. The van der Waals surface area contributed by atoms with Gasteiger partial charge in [0.2, 0.25) is 0 Å². The molecule has 2 aliphatic carbocycles. The molecule has 2 fully saturated rings. The Balaban J connectivity index is 2.43. The number of hydrogen-bond acceptors (Lipinski definition) is 2. The molecule has 2 nitrogen and oxygen atoms in total. The standard InChI is InChI=1S/C14H22O2/c1-13(2)7-4-8-14(3)10(9-15)11(16)5-6-12(13)14/h9,12,15H,4-8H2,1-3H3/b10-9+. The van der Waals surface area contributed by atoms with Gasteiger partial charge in [-0.2, -0.15) is 0 Å². The summed E-state index contributed by atoms with van der Waals surface area (Å²) in [5.74, 6) is 0.684. The van der Waals surface area contributed by atoms with Crippen LogP contribution in [0.1, 0.15) is 52.9 Å². The maximum absolute atomic E-state index is 11.9. The van der Waals surface area contributed by atoms with E-state index < -0.39 is 0 Å². The fourth-order valence-electron chi connectivity index (χ4n) is 4.10. The zero-order valence-corrected chi connectivity index (χ0v) is 10.5. The van der Waals surface area contributed by atoms with Crippen LogP contribution in [0.25, 0.3) is 0 Å². The zero-order valence-electron chi connectivity index (χ0n) is 10.5. The van der Waals surface area contributed by atoms with Gasteiger partial charge in [-0.1, -0.05) is 27.2 Å². The number of ketones is 1. The molecule has 0 amide bonds. The Morgan fingerprint density at radius 1 is 1.31 bits per heavy atom. The highest BCUT2D eigenvalue weighted by molar-refractivity contribution is 5.97. The molecule has 2 atom stereocenters. The molecule has 16 heavy (non-hydrogen) atoms. The molecule has 0 saturated heterocycles. The van der Waals surface area contributed by atoms with Gasteiger partial charge in [0.15, 0.2) is 5.78 Å². The minimum Gasteiger partial charge on any atom is -0.515 e. The molecule has 0 aromatic rings. The number of rotatable bonds is 0. The van der Waals surface area contributed by atoms with Gasteiger partial charge in [0.1, 0.15) is 0 Å². The topological polar surface area (TPSA) is 37.3 Å². The summed E-state index contributed by atoms with van der Waals surface area (Å²) in [6.07, 6.45) is 6.11. The Hall–Kier alpha value is -0.790. The van der Waals surface area contributed by atoms with Crippen LogP contribution in [-0.4, -0.2) is 10.9 Å². The molecule has 0 bridgehead atoms. The van der Waals surface area contributed by atoms with Gasteiger partial charge in [0.25, 0.3) is 0 Å². The fourth-order valence-corrected chi connectivity index (χ4v) is 4.10. The van der Waals surface area contributed by atoms with E-state index in [0.29, 0.717) is 23.3 Å². The molecular weight excluding hydrogens is 200 g/mol. The van der Waals surface area contributed by atoms with Crippen molar-refractivity contribution in [2.24, 2.45) is 16.7 Å². The van der Waals surface area contributed by atoms with Crippen LogP contribution in [0.5, 0.6) is 0 Å². The van der Waals surface area contributed by atoms with E-state index in [0.717, 1.165) is 25.5 Å². The largest absolute Gasteiger partial charge is 0.515 e. The maximum atomic E-state index is 11.9. The Kier molecular flexibility index (Phi) is 2.64. The van der Waals surface area contributed by atoms with Gasteiger partial charge in [0.05, 0.1) is 6.26 Å². The first-order chi connectivity index (χ1) is 7.42. The van der Waals surface area contributed by atoms with Crippen LogP contribution in [0.2, 0.25) is 0 Å². The summed E-state index contributed by atoms with van der Waals surface area (Å²) in [5, 5.41) is 9.35. The molecule has 2 unspecified atom stereocenters. The van der Waals surface area contributed by atoms with E-state index in [4.69, 9.17) is 0 Å². The Labute approximate surface area is 97.7 Å². The smallest absolute Gasteiger partial charge is 0.162 e. The van der Waals surface area contributed by atoms with Crippen molar-refractivity contribution >= 4 is 5.78 Å². The van der Waals surface area contributed by atoms with Crippen LogP contribution in [0.4, 0.5) is 0 Å². The lowest BCUT2D eigenvalue weighted by molar-refractivity contribution is -0.122. The number of Topliss-reactive ketones (excluding diaryl/α,β-unsaturated/α-hetero) is 1. The molecule has 0 spiro atoms. The number of fused-ring (bicyclic) bond motifs is 1. The Morgan fingerprint density at radius 3 is 2.62 bits per heavy atom. The third-order valence-electron chi connectivity index (χ3n) is 4.93. The second-order valence-corrected chi connectivity index (χ2v) is 6.32. The van der Waals surface area contributed by atoms with Gasteiger partial charge in [-0.15, -0.1) is 0 Å². The molecule has 2 saturated carbocycles. The van der Waals surface area contributed by atoms with Gasteiger partial charge < -0.3 is 5.11 Å². The van der Waals surface area contributed by atoms with Crippen molar-refractivity contribution < 1.29 is 9.90 Å². The van der Waals surface area contributed by atoms with Gasteiger partial charge in [-0.25, -0.2) is 0 Å². The van der Waals surface area contributed by atoms with Gasteiger partial charge in [-0.05, 0) is 30.6 Å². The first-order valence-corrected chi connectivity index (χ1v) is 6.30. The molecule has 1 N–H and O–H groups in total. The second kappa shape index (κ2) is 3.61. The summed E-state index contributed by atoms with van der Waals surface area (Å²) in [6, 6.07) is 0. The van der Waals surface area contributed by atoms with Crippen LogP contribution in [0.15, 0.2) is 11.8 Å². The summed E-state index contributed by atoms with van der Waals surface area (Å²) in [5.41, 5.74) is 0.880. The average molecular weight is 222 g/mol. The van der Waals surface area contributed by atoms with Crippen LogP contribution in [0, 0.1) is 16.7 Å².